The minimum atomic E-state index is -0.143. The molecule has 1 unspecified atom stereocenters. The minimum absolute atomic E-state index is 0.0622. The van der Waals surface area contributed by atoms with Crippen molar-refractivity contribution in [3.8, 4) is 17.0 Å². The third kappa shape index (κ3) is 3.45. The van der Waals surface area contributed by atoms with Crippen LogP contribution in [-0.2, 0) is 20.1 Å². The summed E-state index contributed by atoms with van der Waals surface area (Å²) in [4.78, 5) is 12.8. The van der Waals surface area contributed by atoms with Crippen LogP contribution in [0.1, 0.15) is 35.0 Å². The third-order valence-electron chi connectivity index (χ3n) is 4.96. The van der Waals surface area contributed by atoms with Gasteiger partial charge in [0.05, 0.1) is 5.69 Å². The fraction of sp³-hybridized carbons (Fsp3) is 0.273. The van der Waals surface area contributed by atoms with E-state index in [0.29, 0.717) is 12.3 Å². The van der Waals surface area contributed by atoms with E-state index in [-0.39, 0.29) is 11.9 Å². The number of nitrogens with zero attached hydrogens (tertiary/aromatic N) is 2. The first-order valence-corrected chi connectivity index (χ1v) is 9.26. The number of aryl methyl sites for hydroxylation is 2. The molecule has 1 atom stereocenters. The Labute approximate surface area is 159 Å². The van der Waals surface area contributed by atoms with Gasteiger partial charge in [0.1, 0.15) is 12.4 Å². The van der Waals surface area contributed by atoms with Crippen molar-refractivity contribution in [3.05, 3.63) is 71.4 Å². The average Bonchev–Trinajstić information content (AvgIpc) is 3.04. The van der Waals surface area contributed by atoms with Gasteiger partial charge in [-0.15, -0.1) is 0 Å². The van der Waals surface area contributed by atoms with Gasteiger partial charge in [0.25, 0.3) is 5.91 Å². The molecule has 1 aromatic heterocycles. The zero-order valence-electron chi connectivity index (χ0n) is 15.6. The second-order valence-electron chi connectivity index (χ2n) is 6.98. The number of para-hydroxylation sites is 1. The Morgan fingerprint density at radius 2 is 1.93 bits per heavy atom. The molecule has 0 radical (unpaired) electrons. The van der Waals surface area contributed by atoms with Crippen LogP contribution < -0.4 is 10.1 Å². The fourth-order valence-corrected chi connectivity index (χ4v) is 3.55. The van der Waals surface area contributed by atoms with E-state index in [1.54, 1.807) is 4.68 Å². The first kappa shape index (κ1) is 17.3. The lowest BCUT2D eigenvalue weighted by Gasteiger charge is -2.19. The van der Waals surface area contributed by atoms with Crippen LogP contribution in [0.5, 0.6) is 5.75 Å². The molecule has 0 bridgehead atoms. The molecule has 2 heterocycles. The van der Waals surface area contributed by atoms with Crippen molar-refractivity contribution in [2.75, 3.05) is 0 Å². The Hall–Kier alpha value is -3.08. The van der Waals surface area contributed by atoms with Gasteiger partial charge in [-0.25, -0.2) is 0 Å². The third-order valence-corrected chi connectivity index (χ3v) is 4.96. The van der Waals surface area contributed by atoms with E-state index in [4.69, 9.17) is 4.74 Å². The highest BCUT2D eigenvalue weighted by molar-refractivity contribution is 5.96. The SMILES string of the molecule is CC(CCc1ccccc1)NC(=O)c1nn(C)c2c1COc1ccccc1-2. The van der Waals surface area contributed by atoms with Gasteiger partial charge in [-0.05, 0) is 37.5 Å². The number of carbonyl (C=O) groups is 1. The summed E-state index contributed by atoms with van der Waals surface area (Å²) in [6.07, 6.45) is 1.81. The molecule has 5 nitrogen and oxygen atoms in total. The maximum absolute atomic E-state index is 12.8. The van der Waals surface area contributed by atoms with E-state index in [9.17, 15) is 4.79 Å². The summed E-state index contributed by atoms with van der Waals surface area (Å²) < 4.78 is 7.61. The number of fused-ring (bicyclic) bond motifs is 3. The number of hydrogen-bond acceptors (Lipinski definition) is 3. The van der Waals surface area contributed by atoms with E-state index in [1.165, 1.54) is 5.56 Å². The van der Waals surface area contributed by atoms with Gasteiger partial charge >= 0.3 is 0 Å². The van der Waals surface area contributed by atoms with Gasteiger partial charge in [0.15, 0.2) is 5.69 Å². The first-order chi connectivity index (χ1) is 13.1. The zero-order chi connectivity index (χ0) is 18.8. The van der Waals surface area contributed by atoms with Gasteiger partial charge in [-0.3, -0.25) is 9.48 Å². The highest BCUT2D eigenvalue weighted by atomic mass is 16.5. The quantitative estimate of drug-likeness (QED) is 0.753. The lowest BCUT2D eigenvalue weighted by atomic mass is 10.0. The van der Waals surface area contributed by atoms with E-state index >= 15 is 0 Å². The Morgan fingerprint density at radius 1 is 1.19 bits per heavy atom. The van der Waals surface area contributed by atoms with Crippen molar-refractivity contribution < 1.29 is 9.53 Å². The molecule has 1 N–H and O–H groups in total. The molecule has 138 valence electrons. The summed E-state index contributed by atoms with van der Waals surface area (Å²) in [5, 5.41) is 7.57. The molecule has 1 aliphatic heterocycles. The van der Waals surface area contributed by atoms with Crippen LogP contribution in [0, 0.1) is 0 Å². The van der Waals surface area contributed by atoms with Crippen LogP contribution in [0.3, 0.4) is 0 Å². The number of benzene rings is 2. The van der Waals surface area contributed by atoms with Crippen LogP contribution in [0.2, 0.25) is 0 Å². The van der Waals surface area contributed by atoms with Crippen molar-refractivity contribution in [2.45, 2.75) is 32.4 Å². The lowest BCUT2D eigenvalue weighted by Crippen LogP contribution is -2.34. The van der Waals surface area contributed by atoms with E-state index in [2.05, 4.69) is 22.5 Å². The van der Waals surface area contributed by atoms with Gasteiger partial charge in [0, 0.05) is 24.2 Å². The van der Waals surface area contributed by atoms with Crippen LogP contribution in [0.4, 0.5) is 0 Å². The van der Waals surface area contributed by atoms with Gasteiger partial charge in [-0.1, -0.05) is 42.5 Å². The van der Waals surface area contributed by atoms with Crippen molar-refractivity contribution >= 4 is 5.91 Å². The van der Waals surface area contributed by atoms with E-state index in [1.807, 2.05) is 56.4 Å². The summed E-state index contributed by atoms with van der Waals surface area (Å²) in [6.45, 7) is 2.39. The highest BCUT2D eigenvalue weighted by Gasteiger charge is 2.28. The predicted octanol–water partition coefficient (Wildman–Crippen LogP) is 3.73. The molecule has 5 heteroatoms. The van der Waals surface area contributed by atoms with E-state index < -0.39 is 0 Å². The molecule has 1 aliphatic rings. The van der Waals surface area contributed by atoms with Crippen molar-refractivity contribution in [2.24, 2.45) is 7.05 Å². The molecular weight excluding hydrogens is 338 g/mol. The topological polar surface area (TPSA) is 56.2 Å². The number of amides is 1. The fourth-order valence-electron chi connectivity index (χ4n) is 3.55. The maximum Gasteiger partial charge on any atom is 0.272 e. The summed E-state index contributed by atoms with van der Waals surface area (Å²) in [5.41, 5.74) is 4.51. The molecule has 0 spiro atoms. The number of nitrogens with one attached hydrogen (secondary N) is 1. The Balaban J connectivity index is 1.49. The van der Waals surface area contributed by atoms with E-state index in [0.717, 1.165) is 35.4 Å². The van der Waals surface area contributed by atoms with Crippen LogP contribution in [-0.4, -0.2) is 21.7 Å². The van der Waals surface area contributed by atoms with Gasteiger partial charge in [-0.2, -0.15) is 5.10 Å². The molecule has 1 amide bonds. The number of ether oxygens (including phenoxy) is 1. The minimum Gasteiger partial charge on any atom is -0.488 e. The summed E-state index contributed by atoms with van der Waals surface area (Å²) in [6, 6.07) is 18.2. The van der Waals surface area contributed by atoms with Crippen molar-refractivity contribution in [3.63, 3.8) is 0 Å². The average molecular weight is 361 g/mol. The molecule has 0 aliphatic carbocycles. The van der Waals surface area contributed by atoms with Gasteiger partial charge in [0.2, 0.25) is 0 Å². The molecule has 2 aromatic carbocycles. The predicted molar refractivity (Wildman–Crippen MR) is 105 cm³/mol. The number of carbonyl (C=O) groups excluding carboxylic acids is 1. The summed E-state index contributed by atoms with van der Waals surface area (Å²) in [7, 11) is 1.87. The zero-order valence-corrected chi connectivity index (χ0v) is 15.6. The number of aromatic nitrogens is 2. The molecule has 27 heavy (non-hydrogen) atoms. The van der Waals surface area contributed by atoms with Crippen molar-refractivity contribution in [1.82, 2.24) is 15.1 Å². The largest absolute Gasteiger partial charge is 0.488 e. The Kier molecular flexibility index (Phi) is 4.67. The van der Waals surface area contributed by atoms with Gasteiger partial charge < -0.3 is 10.1 Å². The standard InChI is InChI=1S/C22H23N3O2/c1-15(12-13-16-8-4-3-5-9-16)23-22(26)20-18-14-27-19-11-7-6-10-17(19)21(18)25(2)24-20/h3-11,15H,12-14H2,1-2H3,(H,23,26). The Bertz CT molecular complexity index is 963. The molecular formula is C22H23N3O2. The number of rotatable bonds is 5. The summed E-state index contributed by atoms with van der Waals surface area (Å²) >= 11 is 0. The highest BCUT2D eigenvalue weighted by Crippen LogP contribution is 2.38. The Morgan fingerprint density at radius 3 is 2.74 bits per heavy atom. The molecule has 0 saturated heterocycles. The molecule has 4 rings (SSSR count). The second kappa shape index (κ2) is 7.27. The molecule has 3 aromatic rings. The first-order valence-electron chi connectivity index (χ1n) is 9.26. The van der Waals surface area contributed by atoms with Crippen molar-refractivity contribution in [1.29, 1.82) is 0 Å². The monoisotopic (exact) mass is 361 g/mol. The van der Waals surface area contributed by atoms with Crippen LogP contribution >= 0.6 is 0 Å². The number of hydrogen-bond donors (Lipinski definition) is 1. The molecule has 0 fully saturated rings. The maximum atomic E-state index is 12.8. The van der Waals surface area contributed by atoms with Crippen LogP contribution in [0.15, 0.2) is 54.6 Å². The van der Waals surface area contributed by atoms with Crippen LogP contribution in [0.25, 0.3) is 11.3 Å². The second-order valence-corrected chi connectivity index (χ2v) is 6.98. The molecule has 0 saturated carbocycles. The smallest absolute Gasteiger partial charge is 0.272 e. The normalized spacial score (nSPS) is 13.3. The summed E-state index contributed by atoms with van der Waals surface area (Å²) in [5.74, 6) is 0.687. The lowest BCUT2D eigenvalue weighted by molar-refractivity contribution is 0.0930.